The van der Waals surface area contributed by atoms with E-state index in [1.807, 2.05) is 0 Å². The summed E-state index contributed by atoms with van der Waals surface area (Å²) in [6, 6.07) is 0. The van der Waals surface area contributed by atoms with Crippen LogP contribution in [0.4, 0.5) is 0 Å². The fourth-order valence-corrected chi connectivity index (χ4v) is 5.30. The quantitative estimate of drug-likeness (QED) is 0.627. The molecule has 3 nitrogen and oxygen atoms in total. The van der Waals surface area contributed by atoms with E-state index < -0.39 is 11.2 Å². The van der Waals surface area contributed by atoms with Crippen molar-refractivity contribution in [1.29, 1.82) is 0 Å². The Morgan fingerprint density at radius 3 is 2.47 bits per heavy atom. The zero-order valence-electron chi connectivity index (χ0n) is 11.7. The third-order valence-electron chi connectivity index (χ3n) is 5.67. The molecule has 3 heteroatoms. The number of esters is 1. The summed E-state index contributed by atoms with van der Waals surface area (Å²) >= 11 is 0. The Labute approximate surface area is 115 Å². The molecule has 0 aromatic rings. The highest BCUT2D eigenvalue weighted by molar-refractivity contribution is 5.81. The fourth-order valence-electron chi connectivity index (χ4n) is 5.30. The van der Waals surface area contributed by atoms with Crippen LogP contribution in [-0.2, 0) is 9.53 Å². The number of hydrogen-bond acceptors (Lipinski definition) is 3. The first-order chi connectivity index (χ1) is 9.03. The van der Waals surface area contributed by atoms with Gasteiger partial charge >= 0.3 is 5.97 Å². The van der Waals surface area contributed by atoms with Crippen molar-refractivity contribution in [2.24, 2.45) is 17.8 Å². The molecule has 0 spiro atoms. The molecule has 3 unspecified atom stereocenters. The second-order valence-electron chi connectivity index (χ2n) is 6.84. The average Bonchev–Trinajstić information content (AvgIpc) is 2.34. The van der Waals surface area contributed by atoms with Gasteiger partial charge in [0, 0.05) is 12.0 Å². The lowest BCUT2D eigenvalue weighted by Crippen LogP contribution is -2.70. The van der Waals surface area contributed by atoms with Crippen LogP contribution in [0.5, 0.6) is 0 Å². The molecule has 4 bridgehead atoms. The maximum absolute atomic E-state index is 11.8. The molecular weight excluding hydrogens is 240 g/mol. The fraction of sp³-hybridized carbons (Fsp3) is 0.812. The minimum Gasteiger partial charge on any atom is -0.453 e. The Morgan fingerprint density at radius 2 is 2.00 bits per heavy atom. The van der Waals surface area contributed by atoms with Crippen molar-refractivity contribution in [3.05, 3.63) is 12.7 Å². The molecule has 106 valence electrons. The molecule has 0 saturated heterocycles. The van der Waals surface area contributed by atoms with Crippen LogP contribution in [0.1, 0.15) is 51.9 Å². The molecule has 0 radical (unpaired) electrons. The molecule has 4 aliphatic carbocycles. The molecule has 0 aromatic carbocycles. The van der Waals surface area contributed by atoms with E-state index >= 15 is 0 Å². The summed E-state index contributed by atoms with van der Waals surface area (Å²) in [7, 11) is 0. The Morgan fingerprint density at radius 1 is 1.37 bits per heavy atom. The summed E-state index contributed by atoms with van der Waals surface area (Å²) in [6.45, 7) is 5.60. The zero-order valence-corrected chi connectivity index (χ0v) is 11.7. The Balaban J connectivity index is 1.97. The molecule has 4 saturated carbocycles. The van der Waals surface area contributed by atoms with Gasteiger partial charge in [0.05, 0.1) is 0 Å². The van der Waals surface area contributed by atoms with Gasteiger partial charge in [-0.3, -0.25) is 0 Å². The van der Waals surface area contributed by atoms with E-state index in [0.717, 1.165) is 38.5 Å². The third kappa shape index (κ3) is 1.78. The highest BCUT2D eigenvalue weighted by Crippen LogP contribution is 2.62. The van der Waals surface area contributed by atoms with Crippen molar-refractivity contribution in [1.82, 2.24) is 0 Å². The molecule has 4 fully saturated rings. The van der Waals surface area contributed by atoms with Gasteiger partial charge in [0.1, 0.15) is 11.2 Å². The van der Waals surface area contributed by atoms with Crippen molar-refractivity contribution < 1.29 is 14.6 Å². The molecule has 0 amide bonds. The average molecular weight is 264 g/mol. The standard InChI is InChI=1S/C16H24O3/c1-3-5-16(19-14(17)4-2)13-7-11-6-12(8-13)10-15(16,18)9-11/h4,11-13,18H,2-3,5-10H2,1H3. The number of ether oxygens (including phenoxy) is 1. The van der Waals surface area contributed by atoms with E-state index in [1.165, 1.54) is 12.5 Å². The lowest BCUT2D eigenvalue weighted by atomic mass is 9.47. The lowest BCUT2D eigenvalue weighted by molar-refractivity contribution is -0.276. The van der Waals surface area contributed by atoms with Crippen LogP contribution in [0.2, 0.25) is 0 Å². The van der Waals surface area contributed by atoms with Gasteiger partial charge in [0.25, 0.3) is 0 Å². The van der Waals surface area contributed by atoms with E-state index in [0.29, 0.717) is 17.8 Å². The molecule has 4 aliphatic rings. The largest absolute Gasteiger partial charge is 0.453 e. The van der Waals surface area contributed by atoms with Crippen LogP contribution in [-0.4, -0.2) is 22.3 Å². The SMILES string of the molecule is C=CC(=O)OC1(CCC)C2CC3CC(C2)CC1(O)C3. The predicted molar refractivity (Wildman–Crippen MR) is 72.4 cm³/mol. The predicted octanol–water partition coefficient (Wildman–Crippen LogP) is 2.83. The molecule has 0 heterocycles. The molecule has 0 aliphatic heterocycles. The number of carbonyl (C=O) groups excluding carboxylic acids is 1. The maximum atomic E-state index is 11.8. The minimum absolute atomic E-state index is 0.340. The first-order valence-corrected chi connectivity index (χ1v) is 7.61. The molecule has 0 aromatic heterocycles. The molecule has 3 atom stereocenters. The second-order valence-corrected chi connectivity index (χ2v) is 6.84. The van der Waals surface area contributed by atoms with Crippen LogP contribution >= 0.6 is 0 Å². The lowest BCUT2D eigenvalue weighted by Gasteiger charge is -2.64. The molecule has 1 N–H and O–H groups in total. The van der Waals surface area contributed by atoms with Gasteiger partial charge in [-0.1, -0.05) is 19.9 Å². The Kier molecular flexibility index (Phi) is 3.01. The summed E-state index contributed by atoms with van der Waals surface area (Å²) in [4.78, 5) is 11.8. The van der Waals surface area contributed by atoms with E-state index in [4.69, 9.17) is 4.74 Å². The van der Waals surface area contributed by atoms with Gasteiger partial charge in [0.15, 0.2) is 0 Å². The summed E-state index contributed by atoms with van der Waals surface area (Å²) in [5, 5.41) is 11.2. The number of hydrogen-bond donors (Lipinski definition) is 1. The summed E-state index contributed by atoms with van der Waals surface area (Å²) in [5.74, 6) is 1.23. The highest BCUT2D eigenvalue weighted by atomic mass is 16.6. The normalized spacial score (nSPS) is 47.2. The van der Waals surface area contributed by atoms with Crippen LogP contribution in [0, 0.1) is 17.8 Å². The molecule has 19 heavy (non-hydrogen) atoms. The van der Waals surface area contributed by atoms with Gasteiger partial charge in [0.2, 0.25) is 0 Å². The third-order valence-corrected chi connectivity index (χ3v) is 5.67. The van der Waals surface area contributed by atoms with Crippen molar-refractivity contribution in [2.45, 2.75) is 63.1 Å². The maximum Gasteiger partial charge on any atom is 0.330 e. The van der Waals surface area contributed by atoms with Gasteiger partial charge in [-0.25, -0.2) is 4.79 Å². The van der Waals surface area contributed by atoms with Crippen molar-refractivity contribution in [2.75, 3.05) is 0 Å². The minimum atomic E-state index is -0.795. The van der Waals surface area contributed by atoms with Crippen LogP contribution in [0.3, 0.4) is 0 Å². The monoisotopic (exact) mass is 264 g/mol. The highest BCUT2D eigenvalue weighted by Gasteiger charge is 2.66. The number of rotatable bonds is 4. The van der Waals surface area contributed by atoms with Gasteiger partial charge in [-0.15, -0.1) is 0 Å². The van der Waals surface area contributed by atoms with Crippen LogP contribution < -0.4 is 0 Å². The van der Waals surface area contributed by atoms with E-state index in [1.54, 1.807) is 0 Å². The first kappa shape index (κ1) is 13.2. The Bertz CT molecular complexity index is 389. The number of aliphatic hydroxyl groups is 1. The van der Waals surface area contributed by atoms with Gasteiger partial charge < -0.3 is 9.84 Å². The topological polar surface area (TPSA) is 46.5 Å². The Hall–Kier alpha value is -0.830. The smallest absolute Gasteiger partial charge is 0.330 e. The van der Waals surface area contributed by atoms with E-state index in [9.17, 15) is 9.90 Å². The van der Waals surface area contributed by atoms with Crippen LogP contribution in [0.15, 0.2) is 12.7 Å². The first-order valence-electron chi connectivity index (χ1n) is 7.61. The van der Waals surface area contributed by atoms with Crippen molar-refractivity contribution in [3.63, 3.8) is 0 Å². The van der Waals surface area contributed by atoms with Crippen molar-refractivity contribution in [3.8, 4) is 0 Å². The summed E-state index contributed by atoms with van der Waals surface area (Å²) in [5.41, 5.74) is -1.45. The number of carbonyl (C=O) groups is 1. The van der Waals surface area contributed by atoms with Gasteiger partial charge in [-0.05, 0) is 50.4 Å². The molecule has 4 rings (SSSR count). The summed E-state index contributed by atoms with van der Waals surface area (Å²) in [6.07, 6.45) is 8.04. The zero-order chi connectivity index (χ0) is 13.7. The van der Waals surface area contributed by atoms with Gasteiger partial charge in [-0.2, -0.15) is 0 Å². The molecular formula is C16H24O3. The summed E-state index contributed by atoms with van der Waals surface area (Å²) < 4.78 is 5.80. The van der Waals surface area contributed by atoms with Crippen molar-refractivity contribution >= 4 is 5.97 Å². The van der Waals surface area contributed by atoms with E-state index in [2.05, 4.69) is 13.5 Å². The van der Waals surface area contributed by atoms with E-state index in [-0.39, 0.29) is 5.97 Å². The van der Waals surface area contributed by atoms with Crippen LogP contribution in [0.25, 0.3) is 0 Å². The second kappa shape index (κ2) is 4.34.